The Morgan fingerprint density at radius 3 is 2.90 bits per heavy atom. The van der Waals surface area contributed by atoms with Crippen molar-refractivity contribution in [2.45, 2.75) is 0 Å². The lowest BCUT2D eigenvalue weighted by Gasteiger charge is -2.26. The van der Waals surface area contributed by atoms with E-state index in [1.165, 1.54) is 12.1 Å². The van der Waals surface area contributed by atoms with Crippen molar-refractivity contribution in [2.24, 2.45) is 0 Å². The quantitative estimate of drug-likeness (QED) is 0.628. The van der Waals surface area contributed by atoms with Crippen LogP contribution in [0.25, 0.3) is 0 Å². The van der Waals surface area contributed by atoms with Gasteiger partial charge in [0.25, 0.3) is 0 Å². The smallest absolute Gasteiger partial charge is 0.135 e. The van der Waals surface area contributed by atoms with Crippen molar-refractivity contribution in [1.82, 2.24) is 4.90 Å². The van der Waals surface area contributed by atoms with E-state index in [2.05, 4.69) is 16.7 Å². The average Bonchev–Trinajstić information content (AvgIpc) is 2.48. The molecule has 108 valence electrons. The topological polar surface area (TPSA) is 21.7 Å². The zero-order chi connectivity index (χ0) is 14.2. The molecule has 0 amide bonds. The van der Waals surface area contributed by atoms with Gasteiger partial charge in [-0.2, -0.15) is 0 Å². The van der Waals surface area contributed by atoms with E-state index in [-0.39, 0.29) is 11.7 Å². The summed E-state index contributed by atoms with van der Waals surface area (Å²) in [5, 5.41) is 0. The van der Waals surface area contributed by atoms with E-state index in [9.17, 15) is 4.39 Å². The molecule has 1 aromatic rings. The van der Waals surface area contributed by atoms with E-state index >= 15 is 0 Å². The van der Waals surface area contributed by atoms with Crippen LogP contribution < -0.4 is 4.74 Å². The van der Waals surface area contributed by atoms with Gasteiger partial charge in [0, 0.05) is 19.6 Å². The molecule has 1 fully saturated rings. The Hall–Kier alpha value is -1.28. The van der Waals surface area contributed by atoms with Crippen LogP contribution >= 0.6 is 11.6 Å². The van der Waals surface area contributed by atoms with Crippen molar-refractivity contribution in [1.29, 1.82) is 0 Å². The summed E-state index contributed by atoms with van der Waals surface area (Å²) < 4.78 is 24.2. The van der Waals surface area contributed by atoms with Crippen LogP contribution in [0.4, 0.5) is 4.39 Å². The summed E-state index contributed by atoms with van der Waals surface area (Å²) in [6, 6.07) is 4.34. The van der Waals surface area contributed by atoms with Crippen molar-refractivity contribution in [3.63, 3.8) is 0 Å². The molecule has 1 heterocycles. The minimum Gasteiger partial charge on any atom is -0.491 e. The number of hydrogen-bond acceptors (Lipinski definition) is 3. The van der Waals surface area contributed by atoms with Crippen molar-refractivity contribution in [3.05, 3.63) is 29.6 Å². The van der Waals surface area contributed by atoms with E-state index in [0.717, 1.165) is 32.8 Å². The fourth-order valence-electron chi connectivity index (χ4n) is 1.96. The molecule has 0 radical (unpaired) electrons. The largest absolute Gasteiger partial charge is 0.491 e. The fourth-order valence-corrected chi connectivity index (χ4v) is 2.03. The van der Waals surface area contributed by atoms with Gasteiger partial charge in [-0.3, -0.25) is 4.90 Å². The van der Waals surface area contributed by atoms with Crippen molar-refractivity contribution in [2.75, 3.05) is 45.3 Å². The molecule has 1 aliphatic heterocycles. The monoisotopic (exact) mass is 297 g/mol. The molecular weight excluding hydrogens is 281 g/mol. The van der Waals surface area contributed by atoms with E-state index < -0.39 is 0 Å². The molecular formula is C15H17ClFNO2. The Morgan fingerprint density at radius 2 is 2.15 bits per heavy atom. The molecule has 1 saturated heterocycles. The van der Waals surface area contributed by atoms with Gasteiger partial charge < -0.3 is 9.47 Å². The lowest BCUT2D eigenvalue weighted by atomic mass is 10.2. The first-order valence-electron chi connectivity index (χ1n) is 6.57. The zero-order valence-electron chi connectivity index (χ0n) is 11.2. The lowest BCUT2D eigenvalue weighted by molar-refractivity contribution is 0.0322. The number of ether oxygens (including phenoxy) is 2. The maximum absolute atomic E-state index is 13.2. The maximum Gasteiger partial charge on any atom is 0.135 e. The maximum atomic E-state index is 13.2. The molecule has 0 unspecified atom stereocenters. The van der Waals surface area contributed by atoms with Gasteiger partial charge in [0.2, 0.25) is 0 Å². The highest BCUT2D eigenvalue weighted by Crippen LogP contribution is 2.18. The number of alkyl halides is 1. The summed E-state index contributed by atoms with van der Waals surface area (Å²) in [6.07, 6.45) is 0. The normalized spacial score (nSPS) is 15.5. The molecule has 1 aromatic carbocycles. The molecule has 0 atom stereocenters. The van der Waals surface area contributed by atoms with E-state index in [1.54, 1.807) is 6.07 Å². The zero-order valence-corrected chi connectivity index (χ0v) is 12.0. The molecule has 0 saturated carbocycles. The van der Waals surface area contributed by atoms with Crippen LogP contribution in [0, 0.1) is 17.7 Å². The van der Waals surface area contributed by atoms with Crippen LogP contribution in [0.15, 0.2) is 18.2 Å². The van der Waals surface area contributed by atoms with Gasteiger partial charge in [0.05, 0.1) is 24.7 Å². The summed E-state index contributed by atoms with van der Waals surface area (Å²) in [5.74, 6) is 6.00. The van der Waals surface area contributed by atoms with Gasteiger partial charge in [-0.05, 0) is 18.2 Å². The third kappa shape index (κ3) is 4.68. The second kappa shape index (κ2) is 8.11. The molecule has 0 bridgehead atoms. The van der Waals surface area contributed by atoms with Crippen LogP contribution in [-0.2, 0) is 4.74 Å². The summed E-state index contributed by atoms with van der Waals surface area (Å²) in [6.45, 7) is 4.74. The summed E-state index contributed by atoms with van der Waals surface area (Å²) in [7, 11) is 0. The standard InChI is InChI=1S/C15H17ClFNO2/c16-5-1-2-13-12-14(17)3-4-15(13)20-11-8-18-6-9-19-10-7-18/h3-4,12H,5-11H2. The Balaban J connectivity index is 1.91. The molecule has 0 spiro atoms. The Labute approximate surface area is 123 Å². The highest BCUT2D eigenvalue weighted by Gasteiger charge is 2.10. The van der Waals surface area contributed by atoms with E-state index in [1.807, 2.05) is 0 Å². The van der Waals surface area contributed by atoms with Gasteiger partial charge >= 0.3 is 0 Å². The van der Waals surface area contributed by atoms with E-state index in [4.69, 9.17) is 21.1 Å². The second-order valence-electron chi connectivity index (χ2n) is 4.38. The third-order valence-corrected chi connectivity index (χ3v) is 3.13. The minimum absolute atomic E-state index is 0.212. The molecule has 0 aromatic heterocycles. The molecule has 0 N–H and O–H groups in total. The average molecular weight is 298 g/mol. The lowest BCUT2D eigenvalue weighted by Crippen LogP contribution is -2.38. The molecule has 0 aliphatic carbocycles. The van der Waals surface area contributed by atoms with Gasteiger partial charge in [-0.1, -0.05) is 11.8 Å². The first-order valence-corrected chi connectivity index (χ1v) is 7.10. The van der Waals surface area contributed by atoms with Crippen molar-refractivity contribution >= 4 is 11.6 Å². The highest BCUT2D eigenvalue weighted by molar-refractivity contribution is 6.19. The van der Waals surface area contributed by atoms with Gasteiger partial charge in [-0.15, -0.1) is 11.6 Å². The Kier molecular flexibility index (Phi) is 6.13. The van der Waals surface area contributed by atoms with Crippen LogP contribution in [0.1, 0.15) is 5.56 Å². The van der Waals surface area contributed by atoms with Crippen LogP contribution in [0.2, 0.25) is 0 Å². The highest BCUT2D eigenvalue weighted by atomic mass is 35.5. The van der Waals surface area contributed by atoms with Gasteiger partial charge in [0.15, 0.2) is 0 Å². The summed E-state index contributed by atoms with van der Waals surface area (Å²) >= 11 is 5.52. The number of halogens is 2. The molecule has 3 nitrogen and oxygen atoms in total. The molecule has 2 rings (SSSR count). The third-order valence-electron chi connectivity index (χ3n) is 3.00. The van der Waals surface area contributed by atoms with Crippen LogP contribution in [0.3, 0.4) is 0 Å². The van der Waals surface area contributed by atoms with Crippen LogP contribution in [-0.4, -0.2) is 50.2 Å². The number of morpholine rings is 1. The number of nitrogens with zero attached hydrogens (tertiary/aromatic N) is 1. The SMILES string of the molecule is Fc1ccc(OCCN2CCOCC2)c(C#CCCl)c1. The molecule has 5 heteroatoms. The molecule has 20 heavy (non-hydrogen) atoms. The summed E-state index contributed by atoms with van der Waals surface area (Å²) in [5.41, 5.74) is 0.535. The number of hydrogen-bond donors (Lipinski definition) is 0. The fraction of sp³-hybridized carbons (Fsp3) is 0.467. The van der Waals surface area contributed by atoms with E-state index in [0.29, 0.717) is 17.9 Å². The molecule has 1 aliphatic rings. The van der Waals surface area contributed by atoms with Crippen molar-refractivity contribution < 1.29 is 13.9 Å². The second-order valence-corrected chi connectivity index (χ2v) is 4.65. The predicted octanol–water partition coefficient (Wildman–Crippen LogP) is 2.13. The first-order chi connectivity index (χ1) is 9.79. The Morgan fingerprint density at radius 1 is 1.35 bits per heavy atom. The Bertz CT molecular complexity index is 492. The van der Waals surface area contributed by atoms with Crippen LogP contribution in [0.5, 0.6) is 5.75 Å². The van der Waals surface area contributed by atoms with Crippen molar-refractivity contribution in [3.8, 4) is 17.6 Å². The summed E-state index contributed by atoms with van der Waals surface area (Å²) in [4.78, 5) is 2.27. The number of benzene rings is 1. The predicted molar refractivity (Wildman–Crippen MR) is 76.8 cm³/mol. The first kappa shape index (κ1) is 15.1. The van der Waals surface area contributed by atoms with Gasteiger partial charge in [0.1, 0.15) is 18.2 Å². The number of rotatable bonds is 4. The minimum atomic E-state index is -0.329. The van der Waals surface area contributed by atoms with Gasteiger partial charge in [-0.25, -0.2) is 4.39 Å².